The molecule has 1 saturated heterocycles. The van der Waals surface area contributed by atoms with E-state index in [-0.39, 0.29) is 5.41 Å². The molecule has 0 atom stereocenters. The van der Waals surface area contributed by atoms with Crippen molar-refractivity contribution in [2.45, 2.75) is 18.8 Å². The monoisotopic (exact) mass is 305 g/mol. The molecule has 1 fully saturated rings. The predicted octanol–water partition coefficient (Wildman–Crippen LogP) is 4.39. The van der Waals surface area contributed by atoms with Crippen LogP contribution in [-0.2, 0) is 11.8 Å². The van der Waals surface area contributed by atoms with E-state index in [1.807, 2.05) is 18.2 Å². The van der Waals surface area contributed by atoms with Crippen molar-refractivity contribution in [1.29, 1.82) is 0 Å². The fourth-order valence-corrected chi connectivity index (χ4v) is 3.40. The Kier molecular flexibility index (Phi) is 3.76. The Morgan fingerprint density at radius 1 is 1.05 bits per heavy atom. The van der Waals surface area contributed by atoms with Crippen molar-refractivity contribution in [3.8, 4) is 0 Å². The van der Waals surface area contributed by atoms with E-state index < -0.39 is 0 Å². The molecule has 1 aliphatic rings. The van der Waals surface area contributed by atoms with E-state index in [1.165, 1.54) is 11.1 Å². The third-order valence-electron chi connectivity index (χ3n) is 4.13. The SMILES string of the molecule is Cc1cccc(C2(Cc3c(Cl)cccc3Cl)CNC2)c1. The van der Waals surface area contributed by atoms with Crippen molar-refractivity contribution in [2.24, 2.45) is 0 Å². The maximum Gasteiger partial charge on any atom is 0.0453 e. The highest BCUT2D eigenvalue weighted by Gasteiger charge is 2.39. The molecule has 0 aromatic heterocycles. The van der Waals surface area contributed by atoms with Crippen molar-refractivity contribution in [3.63, 3.8) is 0 Å². The lowest BCUT2D eigenvalue weighted by Gasteiger charge is -2.44. The minimum absolute atomic E-state index is 0.112. The van der Waals surface area contributed by atoms with Gasteiger partial charge in [0.2, 0.25) is 0 Å². The molecule has 3 heteroatoms. The van der Waals surface area contributed by atoms with Gasteiger partial charge in [-0.2, -0.15) is 0 Å². The normalized spacial score (nSPS) is 16.8. The molecule has 0 aliphatic carbocycles. The van der Waals surface area contributed by atoms with Crippen molar-refractivity contribution in [3.05, 3.63) is 69.2 Å². The van der Waals surface area contributed by atoms with Crippen LogP contribution in [0, 0.1) is 6.92 Å². The van der Waals surface area contributed by atoms with E-state index in [2.05, 4.69) is 36.5 Å². The van der Waals surface area contributed by atoms with Crippen LogP contribution in [0.15, 0.2) is 42.5 Å². The number of hydrogen-bond donors (Lipinski definition) is 1. The lowest BCUT2D eigenvalue weighted by atomic mass is 9.70. The summed E-state index contributed by atoms with van der Waals surface area (Å²) in [6, 6.07) is 14.5. The smallest absolute Gasteiger partial charge is 0.0453 e. The first kappa shape index (κ1) is 13.9. The van der Waals surface area contributed by atoms with E-state index in [4.69, 9.17) is 23.2 Å². The summed E-state index contributed by atoms with van der Waals surface area (Å²) in [6.07, 6.45) is 0.877. The minimum Gasteiger partial charge on any atom is -0.315 e. The van der Waals surface area contributed by atoms with Crippen LogP contribution in [0.25, 0.3) is 0 Å². The van der Waals surface area contributed by atoms with Crippen molar-refractivity contribution in [1.82, 2.24) is 5.32 Å². The number of hydrogen-bond acceptors (Lipinski definition) is 1. The van der Waals surface area contributed by atoms with Gasteiger partial charge in [-0.15, -0.1) is 0 Å². The lowest BCUT2D eigenvalue weighted by molar-refractivity contribution is 0.274. The van der Waals surface area contributed by atoms with Gasteiger partial charge in [-0.3, -0.25) is 0 Å². The Labute approximate surface area is 129 Å². The zero-order valence-electron chi connectivity index (χ0n) is 11.4. The highest BCUT2D eigenvalue weighted by atomic mass is 35.5. The van der Waals surface area contributed by atoms with Crippen LogP contribution in [0.1, 0.15) is 16.7 Å². The lowest BCUT2D eigenvalue weighted by Crippen LogP contribution is -2.58. The Bertz CT molecular complexity index is 612. The van der Waals surface area contributed by atoms with Gasteiger partial charge >= 0.3 is 0 Å². The summed E-state index contributed by atoms with van der Waals surface area (Å²) in [5, 5.41) is 4.91. The van der Waals surface area contributed by atoms with Crippen molar-refractivity contribution in [2.75, 3.05) is 13.1 Å². The number of rotatable bonds is 3. The van der Waals surface area contributed by atoms with Crippen LogP contribution >= 0.6 is 23.2 Å². The van der Waals surface area contributed by atoms with E-state index in [0.717, 1.165) is 35.1 Å². The molecule has 2 aromatic rings. The van der Waals surface area contributed by atoms with Gasteiger partial charge in [0.1, 0.15) is 0 Å². The van der Waals surface area contributed by atoms with Crippen LogP contribution in [-0.4, -0.2) is 13.1 Å². The molecular weight excluding hydrogens is 289 g/mol. The topological polar surface area (TPSA) is 12.0 Å². The quantitative estimate of drug-likeness (QED) is 0.887. The number of nitrogens with one attached hydrogen (secondary N) is 1. The summed E-state index contributed by atoms with van der Waals surface area (Å²) in [4.78, 5) is 0. The fourth-order valence-electron chi connectivity index (χ4n) is 2.87. The zero-order valence-corrected chi connectivity index (χ0v) is 12.9. The Morgan fingerprint density at radius 2 is 1.70 bits per heavy atom. The highest BCUT2D eigenvalue weighted by molar-refractivity contribution is 6.36. The largest absolute Gasteiger partial charge is 0.315 e. The Morgan fingerprint density at radius 3 is 2.25 bits per heavy atom. The van der Waals surface area contributed by atoms with Crippen LogP contribution in [0.3, 0.4) is 0 Å². The minimum atomic E-state index is 0.112. The van der Waals surface area contributed by atoms with Crippen LogP contribution in [0.5, 0.6) is 0 Å². The van der Waals surface area contributed by atoms with Gasteiger partial charge in [-0.1, -0.05) is 59.1 Å². The Hall–Kier alpha value is -1.02. The second-order valence-corrected chi connectivity index (χ2v) is 6.44. The average Bonchev–Trinajstić information content (AvgIpc) is 2.36. The summed E-state index contributed by atoms with van der Waals surface area (Å²) in [7, 11) is 0. The van der Waals surface area contributed by atoms with E-state index in [9.17, 15) is 0 Å². The van der Waals surface area contributed by atoms with E-state index in [1.54, 1.807) is 0 Å². The number of benzene rings is 2. The third kappa shape index (κ3) is 2.46. The maximum atomic E-state index is 6.33. The zero-order chi connectivity index (χ0) is 14.2. The molecule has 20 heavy (non-hydrogen) atoms. The molecule has 0 saturated carbocycles. The summed E-state index contributed by atoms with van der Waals surface area (Å²) in [5.41, 5.74) is 3.82. The van der Waals surface area contributed by atoms with Gasteiger partial charge in [0.15, 0.2) is 0 Å². The van der Waals surface area contributed by atoms with Gasteiger partial charge in [0.05, 0.1) is 0 Å². The molecule has 0 radical (unpaired) electrons. The van der Waals surface area contributed by atoms with Crippen LogP contribution in [0.2, 0.25) is 10.0 Å². The fraction of sp³-hybridized carbons (Fsp3) is 0.294. The molecule has 0 unspecified atom stereocenters. The van der Waals surface area contributed by atoms with E-state index in [0.29, 0.717) is 0 Å². The van der Waals surface area contributed by atoms with Gasteiger partial charge in [-0.25, -0.2) is 0 Å². The summed E-state index contributed by atoms with van der Waals surface area (Å²) in [6.45, 7) is 4.07. The summed E-state index contributed by atoms with van der Waals surface area (Å²) < 4.78 is 0. The molecule has 1 heterocycles. The average molecular weight is 306 g/mol. The second kappa shape index (κ2) is 5.40. The standard InChI is InChI=1S/C17H17Cl2N/c1-12-4-2-5-13(8-12)17(10-20-11-17)9-14-15(18)6-3-7-16(14)19/h2-8,20H,9-11H2,1H3. The Balaban J connectivity index is 1.98. The second-order valence-electron chi connectivity index (χ2n) is 5.63. The maximum absolute atomic E-state index is 6.33. The predicted molar refractivity (Wildman–Crippen MR) is 85.9 cm³/mol. The first-order valence-corrected chi connectivity index (χ1v) is 7.57. The van der Waals surface area contributed by atoms with Gasteiger partial charge in [0, 0.05) is 28.5 Å². The van der Waals surface area contributed by atoms with Crippen LogP contribution < -0.4 is 5.32 Å². The van der Waals surface area contributed by atoms with E-state index >= 15 is 0 Å². The highest BCUT2D eigenvalue weighted by Crippen LogP contribution is 2.37. The van der Waals surface area contributed by atoms with Gasteiger partial charge in [0.25, 0.3) is 0 Å². The van der Waals surface area contributed by atoms with Crippen molar-refractivity contribution >= 4 is 23.2 Å². The molecule has 3 rings (SSSR count). The number of aryl methyl sites for hydroxylation is 1. The molecule has 0 bridgehead atoms. The van der Waals surface area contributed by atoms with Gasteiger partial charge < -0.3 is 5.32 Å². The molecular formula is C17H17Cl2N. The van der Waals surface area contributed by atoms with Crippen LogP contribution in [0.4, 0.5) is 0 Å². The van der Waals surface area contributed by atoms with Gasteiger partial charge in [-0.05, 0) is 36.6 Å². The molecule has 0 spiro atoms. The molecule has 0 amide bonds. The molecule has 1 nitrogen and oxygen atoms in total. The number of halogens is 2. The third-order valence-corrected chi connectivity index (χ3v) is 4.84. The molecule has 104 valence electrons. The molecule has 2 aromatic carbocycles. The van der Waals surface area contributed by atoms with Crippen molar-refractivity contribution < 1.29 is 0 Å². The first-order valence-electron chi connectivity index (χ1n) is 6.81. The summed E-state index contributed by atoms with van der Waals surface area (Å²) >= 11 is 12.7. The molecule has 1 N–H and O–H groups in total. The molecule has 1 aliphatic heterocycles. The summed E-state index contributed by atoms with van der Waals surface area (Å²) in [5.74, 6) is 0. The first-order chi connectivity index (χ1) is 9.61.